The molecule has 0 unspecified atom stereocenters. The van der Waals surface area contributed by atoms with Gasteiger partial charge in [-0.3, -0.25) is 14.5 Å². The Hall–Kier alpha value is -1.07. The van der Waals surface area contributed by atoms with Gasteiger partial charge in [-0.05, 0) is 6.92 Å². The van der Waals surface area contributed by atoms with E-state index in [4.69, 9.17) is 28.3 Å². The first-order valence-corrected chi connectivity index (χ1v) is 4.29. The molecule has 0 saturated heterocycles. The zero-order valence-electron chi connectivity index (χ0n) is 6.95. The minimum absolute atomic E-state index is 0.440. The van der Waals surface area contributed by atoms with Crippen LogP contribution in [0.15, 0.2) is 10.1 Å². The molecular weight excluding hydrogens is 233 g/mol. The molecule has 1 aliphatic heterocycles. The molecular formula is C7H5Cl2NO4. The highest BCUT2D eigenvalue weighted by Gasteiger charge is 2.41. The monoisotopic (exact) mass is 237 g/mol. The van der Waals surface area contributed by atoms with Crippen LogP contribution in [-0.2, 0) is 14.4 Å². The van der Waals surface area contributed by atoms with Crippen LogP contribution in [0.2, 0.25) is 0 Å². The summed E-state index contributed by atoms with van der Waals surface area (Å²) in [7, 11) is 0. The molecule has 0 spiro atoms. The van der Waals surface area contributed by atoms with E-state index in [1.54, 1.807) is 0 Å². The first-order valence-electron chi connectivity index (χ1n) is 3.54. The smallest absolute Gasteiger partial charge is 0.326 e. The summed E-state index contributed by atoms with van der Waals surface area (Å²) in [6.45, 7) is 1.19. The highest BCUT2D eigenvalue weighted by Crippen LogP contribution is 2.27. The van der Waals surface area contributed by atoms with Gasteiger partial charge < -0.3 is 5.11 Å². The highest BCUT2D eigenvalue weighted by atomic mass is 35.5. The zero-order chi connectivity index (χ0) is 11.0. The standard InChI is InChI=1S/C7H5Cl2NO4/c1-2(7(13)14)10-5(11)3(8)4(9)6(10)12/h2H,1H3,(H,13,14)/t2-/m0/s1. The average molecular weight is 238 g/mol. The molecule has 1 rings (SSSR count). The first-order chi connectivity index (χ1) is 6.37. The van der Waals surface area contributed by atoms with Crippen LogP contribution in [-0.4, -0.2) is 33.8 Å². The van der Waals surface area contributed by atoms with E-state index in [-0.39, 0.29) is 0 Å². The normalized spacial score (nSPS) is 19.2. The molecule has 5 nitrogen and oxygen atoms in total. The third kappa shape index (κ3) is 1.49. The van der Waals surface area contributed by atoms with E-state index in [0.29, 0.717) is 4.90 Å². The van der Waals surface area contributed by atoms with Gasteiger partial charge in [0.1, 0.15) is 16.1 Å². The maximum absolute atomic E-state index is 11.2. The highest BCUT2D eigenvalue weighted by molar-refractivity contribution is 6.58. The molecule has 0 fully saturated rings. The predicted molar refractivity (Wildman–Crippen MR) is 47.7 cm³/mol. The van der Waals surface area contributed by atoms with Gasteiger partial charge in [-0.1, -0.05) is 23.2 Å². The number of rotatable bonds is 2. The van der Waals surface area contributed by atoms with Crippen molar-refractivity contribution in [2.24, 2.45) is 0 Å². The van der Waals surface area contributed by atoms with Gasteiger partial charge in [0.25, 0.3) is 11.8 Å². The molecule has 1 atom stereocenters. The number of carboxylic acid groups (broad SMARTS) is 1. The maximum atomic E-state index is 11.2. The number of carbonyl (C=O) groups excluding carboxylic acids is 2. The van der Waals surface area contributed by atoms with Crippen molar-refractivity contribution in [3.63, 3.8) is 0 Å². The summed E-state index contributed by atoms with van der Waals surface area (Å²) >= 11 is 10.8. The Balaban J connectivity index is 3.04. The van der Waals surface area contributed by atoms with E-state index in [9.17, 15) is 14.4 Å². The van der Waals surface area contributed by atoms with Crippen LogP contribution in [0, 0.1) is 0 Å². The lowest BCUT2D eigenvalue weighted by atomic mass is 10.3. The number of nitrogens with zero attached hydrogens (tertiary/aromatic N) is 1. The number of carboxylic acids is 1. The molecule has 14 heavy (non-hydrogen) atoms. The summed E-state index contributed by atoms with van der Waals surface area (Å²) in [5.74, 6) is -3.06. The Morgan fingerprint density at radius 2 is 1.64 bits per heavy atom. The SMILES string of the molecule is C[C@@H](C(=O)O)N1C(=O)C(Cl)=C(Cl)C1=O. The molecule has 7 heteroatoms. The molecule has 0 aromatic rings. The van der Waals surface area contributed by atoms with Crippen molar-refractivity contribution in [1.82, 2.24) is 4.90 Å². The fraction of sp³-hybridized carbons (Fsp3) is 0.286. The third-order valence-electron chi connectivity index (χ3n) is 1.75. The van der Waals surface area contributed by atoms with Crippen LogP contribution in [0.3, 0.4) is 0 Å². The Bertz CT molecular complexity index is 339. The number of amides is 2. The Morgan fingerprint density at radius 3 is 1.93 bits per heavy atom. The second kappa shape index (κ2) is 3.59. The van der Waals surface area contributed by atoms with Gasteiger partial charge in [-0.2, -0.15) is 0 Å². The van der Waals surface area contributed by atoms with Crippen LogP contribution in [0.1, 0.15) is 6.92 Å². The van der Waals surface area contributed by atoms with Gasteiger partial charge >= 0.3 is 5.97 Å². The lowest BCUT2D eigenvalue weighted by Crippen LogP contribution is -2.43. The summed E-state index contributed by atoms with van der Waals surface area (Å²) in [6, 6.07) is -1.28. The van der Waals surface area contributed by atoms with Crippen molar-refractivity contribution in [2.45, 2.75) is 13.0 Å². The molecule has 0 aliphatic carbocycles. The summed E-state index contributed by atoms with van der Waals surface area (Å²) in [6.07, 6.45) is 0. The minimum Gasteiger partial charge on any atom is -0.480 e. The van der Waals surface area contributed by atoms with Crippen molar-refractivity contribution < 1.29 is 19.5 Å². The molecule has 1 heterocycles. The fourth-order valence-electron chi connectivity index (χ4n) is 0.954. The second-order valence-corrected chi connectivity index (χ2v) is 3.38. The van der Waals surface area contributed by atoms with Gasteiger partial charge in [0, 0.05) is 0 Å². The number of aliphatic carboxylic acids is 1. The second-order valence-electron chi connectivity index (χ2n) is 2.62. The lowest BCUT2D eigenvalue weighted by molar-refractivity contribution is -0.152. The van der Waals surface area contributed by atoms with Crippen LogP contribution in [0.5, 0.6) is 0 Å². The van der Waals surface area contributed by atoms with Crippen molar-refractivity contribution in [2.75, 3.05) is 0 Å². The molecule has 1 N–H and O–H groups in total. The molecule has 0 aromatic heterocycles. The fourth-order valence-corrected chi connectivity index (χ4v) is 1.30. The number of halogens is 2. The van der Waals surface area contributed by atoms with Gasteiger partial charge in [0.15, 0.2) is 0 Å². The summed E-state index contributed by atoms with van der Waals surface area (Å²) in [5, 5.41) is 7.72. The minimum atomic E-state index is -1.30. The van der Waals surface area contributed by atoms with Crippen molar-refractivity contribution in [3.05, 3.63) is 10.1 Å². The molecule has 1 aliphatic rings. The molecule has 0 bridgehead atoms. The number of carbonyl (C=O) groups is 3. The molecule has 2 amide bonds. The molecule has 0 aromatic carbocycles. The third-order valence-corrected chi connectivity index (χ3v) is 2.55. The Morgan fingerprint density at radius 1 is 1.29 bits per heavy atom. The van der Waals surface area contributed by atoms with Crippen molar-refractivity contribution in [1.29, 1.82) is 0 Å². The molecule has 76 valence electrons. The van der Waals surface area contributed by atoms with Gasteiger partial charge in [-0.25, -0.2) is 4.79 Å². The summed E-state index contributed by atoms with van der Waals surface area (Å²) < 4.78 is 0. The van der Waals surface area contributed by atoms with Crippen LogP contribution in [0.25, 0.3) is 0 Å². The average Bonchev–Trinajstić information content (AvgIpc) is 2.30. The topological polar surface area (TPSA) is 74.7 Å². The van der Waals surface area contributed by atoms with E-state index in [2.05, 4.69) is 0 Å². The molecule has 0 saturated carbocycles. The zero-order valence-corrected chi connectivity index (χ0v) is 8.46. The number of hydrogen-bond donors (Lipinski definition) is 1. The van der Waals surface area contributed by atoms with Gasteiger partial charge in [0.2, 0.25) is 0 Å². The van der Waals surface area contributed by atoms with E-state index >= 15 is 0 Å². The summed E-state index contributed by atoms with van der Waals surface area (Å²) in [5.41, 5.74) is 0. The Kier molecular flexibility index (Phi) is 2.82. The van der Waals surface area contributed by atoms with Crippen molar-refractivity contribution >= 4 is 41.0 Å². The van der Waals surface area contributed by atoms with Gasteiger partial charge in [0.05, 0.1) is 0 Å². The van der Waals surface area contributed by atoms with E-state index in [1.165, 1.54) is 6.92 Å². The van der Waals surface area contributed by atoms with Crippen LogP contribution < -0.4 is 0 Å². The maximum Gasteiger partial charge on any atom is 0.326 e. The van der Waals surface area contributed by atoms with E-state index in [0.717, 1.165) is 0 Å². The lowest BCUT2D eigenvalue weighted by Gasteiger charge is -2.18. The van der Waals surface area contributed by atoms with Crippen LogP contribution >= 0.6 is 23.2 Å². The van der Waals surface area contributed by atoms with Crippen LogP contribution in [0.4, 0.5) is 0 Å². The summed E-state index contributed by atoms with van der Waals surface area (Å²) in [4.78, 5) is 33.5. The largest absolute Gasteiger partial charge is 0.480 e. The van der Waals surface area contributed by atoms with Gasteiger partial charge in [-0.15, -0.1) is 0 Å². The van der Waals surface area contributed by atoms with Crippen molar-refractivity contribution in [3.8, 4) is 0 Å². The number of imide groups is 1. The first kappa shape index (κ1) is 11.0. The van der Waals surface area contributed by atoms with E-state index in [1.807, 2.05) is 0 Å². The predicted octanol–water partition coefficient (Wildman–Crippen LogP) is 0.518. The van der Waals surface area contributed by atoms with E-state index < -0.39 is 33.9 Å². The Labute approximate surface area is 88.9 Å². The molecule has 0 radical (unpaired) electrons. The number of hydrogen-bond acceptors (Lipinski definition) is 3. The quantitative estimate of drug-likeness (QED) is 0.711.